The van der Waals surface area contributed by atoms with Crippen molar-refractivity contribution in [1.82, 2.24) is 14.9 Å². The Kier molecular flexibility index (Phi) is 4.52. The predicted octanol–water partition coefficient (Wildman–Crippen LogP) is 3.38. The number of carbonyl (C=O) groups is 1. The Morgan fingerprint density at radius 2 is 2.21 bits per heavy atom. The summed E-state index contributed by atoms with van der Waals surface area (Å²) in [6, 6.07) is 10.4. The van der Waals surface area contributed by atoms with E-state index in [2.05, 4.69) is 45.3 Å². The summed E-state index contributed by atoms with van der Waals surface area (Å²) in [5.74, 6) is 1.54. The lowest BCUT2D eigenvalue weighted by Gasteiger charge is -2.31. The molecule has 1 N–H and O–H groups in total. The van der Waals surface area contributed by atoms with Crippen molar-refractivity contribution in [1.29, 1.82) is 0 Å². The number of oxazole rings is 1. The Morgan fingerprint density at radius 3 is 3.07 bits per heavy atom. The van der Waals surface area contributed by atoms with Crippen LogP contribution >= 0.6 is 0 Å². The lowest BCUT2D eigenvalue weighted by atomic mass is 10.0. The number of carbonyl (C=O) groups excluding carboxylic acids is 1. The number of ether oxygens (including phenoxy) is 1. The highest BCUT2D eigenvalue weighted by Gasteiger charge is 2.27. The van der Waals surface area contributed by atoms with Gasteiger partial charge in [0.2, 0.25) is 0 Å². The van der Waals surface area contributed by atoms with E-state index in [9.17, 15) is 4.79 Å². The minimum atomic E-state index is -0.278. The van der Waals surface area contributed by atoms with Crippen LogP contribution in [0.4, 0.5) is 6.01 Å². The van der Waals surface area contributed by atoms with Crippen LogP contribution in [0.15, 0.2) is 47.1 Å². The Labute approximate surface area is 168 Å². The number of hydrogen-bond acceptors (Lipinski definition) is 6. The molecular formula is C22H22N4O3. The molecule has 1 aromatic carbocycles. The van der Waals surface area contributed by atoms with Crippen LogP contribution in [0.2, 0.25) is 0 Å². The van der Waals surface area contributed by atoms with Gasteiger partial charge in [0, 0.05) is 37.8 Å². The first kappa shape index (κ1) is 17.9. The van der Waals surface area contributed by atoms with Crippen molar-refractivity contribution in [2.24, 2.45) is 0 Å². The van der Waals surface area contributed by atoms with E-state index in [4.69, 9.17) is 9.15 Å². The first-order valence-corrected chi connectivity index (χ1v) is 9.87. The molecule has 0 aliphatic carbocycles. The lowest BCUT2D eigenvalue weighted by Crippen LogP contribution is -2.32. The number of benzene rings is 1. The summed E-state index contributed by atoms with van der Waals surface area (Å²) in [6.07, 6.45) is 4.92. The third kappa shape index (κ3) is 3.49. The van der Waals surface area contributed by atoms with Crippen LogP contribution in [0, 0.1) is 0 Å². The zero-order valence-electron chi connectivity index (χ0n) is 16.2. The quantitative estimate of drug-likeness (QED) is 0.736. The molecule has 4 heterocycles. The van der Waals surface area contributed by atoms with E-state index in [-0.39, 0.29) is 18.0 Å². The van der Waals surface area contributed by atoms with Crippen LogP contribution in [-0.2, 0) is 19.4 Å². The van der Waals surface area contributed by atoms with Gasteiger partial charge in [0.05, 0.1) is 24.4 Å². The van der Waals surface area contributed by atoms with Crippen molar-refractivity contribution in [3.63, 3.8) is 0 Å². The molecular weight excluding hydrogens is 368 g/mol. The van der Waals surface area contributed by atoms with E-state index >= 15 is 0 Å². The number of aromatic nitrogens is 2. The second-order valence-electron chi connectivity index (χ2n) is 7.45. The zero-order chi connectivity index (χ0) is 19.8. The summed E-state index contributed by atoms with van der Waals surface area (Å²) in [5.41, 5.74) is 3.90. The summed E-state index contributed by atoms with van der Waals surface area (Å²) < 4.78 is 11.6. The molecule has 0 radical (unpaired) electrons. The number of hydrogen-bond donors (Lipinski definition) is 1. The van der Waals surface area contributed by atoms with Gasteiger partial charge in [-0.05, 0) is 36.2 Å². The number of pyridine rings is 1. The van der Waals surface area contributed by atoms with Crippen molar-refractivity contribution in [2.45, 2.75) is 32.4 Å². The Balaban J connectivity index is 1.29. The Morgan fingerprint density at radius 1 is 1.28 bits per heavy atom. The molecule has 0 saturated carbocycles. The number of nitrogens with zero attached hydrogens (tertiary/aromatic N) is 3. The first-order valence-electron chi connectivity index (χ1n) is 9.87. The predicted molar refractivity (Wildman–Crippen MR) is 107 cm³/mol. The van der Waals surface area contributed by atoms with Gasteiger partial charge in [0.1, 0.15) is 11.5 Å². The molecule has 7 heteroatoms. The molecule has 3 aromatic rings. The Bertz CT molecular complexity index is 1050. The third-order valence-electron chi connectivity index (χ3n) is 5.66. The fourth-order valence-corrected chi connectivity index (χ4v) is 3.92. The standard InChI is InChI=1S/C22H22N4O3/c1-14(16-5-4-15-7-10-28-19(15)11-16)26-9-6-18-20(13-26)29-22(24-18)25-21(27)17-3-2-8-23-12-17/h2-5,8,11-12,14H,6-7,9-10,13H2,1H3,(H,24,25,27). The maximum atomic E-state index is 12.3. The van der Waals surface area contributed by atoms with Gasteiger partial charge < -0.3 is 9.15 Å². The molecule has 2 aromatic heterocycles. The van der Waals surface area contributed by atoms with Gasteiger partial charge in [-0.3, -0.25) is 20.0 Å². The molecule has 7 nitrogen and oxygen atoms in total. The van der Waals surface area contributed by atoms with Crippen molar-refractivity contribution in [3.05, 3.63) is 70.9 Å². The van der Waals surface area contributed by atoms with E-state index in [1.165, 1.54) is 17.3 Å². The highest BCUT2D eigenvalue weighted by atomic mass is 16.5. The third-order valence-corrected chi connectivity index (χ3v) is 5.66. The fourth-order valence-electron chi connectivity index (χ4n) is 3.92. The average Bonchev–Trinajstić information content (AvgIpc) is 3.38. The second kappa shape index (κ2) is 7.33. The molecule has 0 bridgehead atoms. The average molecular weight is 390 g/mol. The van der Waals surface area contributed by atoms with E-state index < -0.39 is 0 Å². The minimum absolute atomic E-state index is 0.233. The zero-order valence-corrected chi connectivity index (χ0v) is 16.2. The summed E-state index contributed by atoms with van der Waals surface area (Å²) in [7, 11) is 0. The number of amides is 1. The topological polar surface area (TPSA) is 80.5 Å². The number of anilines is 1. The molecule has 2 aliphatic rings. The smallest absolute Gasteiger partial charge is 0.302 e. The van der Waals surface area contributed by atoms with Crippen molar-refractivity contribution >= 4 is 11.9 Å². The van der Waals surface area contributed by atoms with Crippen LogP contribution in [0.25, 0.3) is 0 Å². The summed E-state index contributed by atoms with van der Waals surface area (Å²) in [6.45, 7) is 4.51. The summed E-state index contributed by atoms with van der Waals surface area (Å²) in [4.78, 5) is 23.1. The minimum Gasteiger partial charge on any atom is -0.493 e. The Hall–Kier alpha value is -3.19. The van der Waals surface area contributed by atoms with Crippen molar-refractivity contribution < 1.29 is 13.9 Å². The molecule has 0 fully saturated rings. The van der Waals surface area contributed by atoms with Gasteiger partial charge in [-0.1, -0.05) is 12.1 Å². The molecule has 29 heavy (non-hydrogen) atoms. The molecule has 1 amide bonds. The van der Waals surface area contributed by atoms with E-state index in [0.717, 1.165) is 43.2 Å². The monoisotopic (exact) mass is 390 g/mol. The SMILES string of the molecule is CC(c1ccc2c(c1)OCC2)N1CCc2nc(NC(=O)c3cccnc3)oc2C1. The molecule has 148 valence electrons. The van der Waals surface area contributed by atoms with Crippen molar-refractivity contribution in [3.8, 4) is 5.75 Å². The molecule has 1 unspecified atom stereocenters. The van der Waals surface area contributed by atoms with Crippen LogP contribution in [-0.4, -0.2) is 33.9 Å². The van der Waals surface area contributed by atoms with Gasteiger partial charge >= 0.3 is 6.01 Å². The summed E-state index contributed by atoms with van der Waals surface area (Å²) in [5, 5.41) is 2.73. The van der Waals surface area contributed by atoms with Crippen molar-refractivity contribution in [2.75, 3.05) is 18.5 Å². The van der Waals surface area contributed by atoms with Gasteiger partial charge in [0.25, 0.3) is 5.91 Å². The van der Waals surface area contributed by atoms with E-state index in [1.54, 1.807) is 18.3 Å². The molecule has 5 rings (SSSR count). The van der Waals surface area contributed by atoms with Gasteiger partial charge in [-0.2, -0.15) is 4.98 Å². The van der Waals surface area contributed by atoms with Crippen LogP contribution in [0.1, 0.15) is 45.9 Å². The van der Waals surface area contributed by atoms with E-state index in [1.807, 2.05) is 0 Å². The number of nitrogens with one attached hydrogen (secondary N) is 1. The second-order valence-corrected chi connectivity index (χ2v) is 7.45. The van der Waals surface area contributed by atoms with Crippen LogP contribution in [0.5, 0.6) is 5.75 Å². The number of fused-ring (bicyclic) bond motifs is 2. The number of rotatable bonds is 4. The van der Waals surface area contributed by atoms with Gasteiger partial charge in [-0.25, -0.2) is 0 Å². The van der Waals surface area contributed by atoms with Crippen LogP contribution in [0.3, 0.4) is 0 Å². The highest BCUT2D eigenvalue weighted by Crippen LogP contribution is 2.33. The van der Waals surface area contributed by atoms with Gasteiger partial charge in [0.15, 0.2) is 0 Å². The fraction of sp³-hybridized carbons (Fsp3) is 0.318. The summed E-state index contributed by atoms with van der Waals surface area (Å²) >= 11 is 0. The highest BCUT2D eigenvalue weighted by molar-refractivity contribution is 6.02. The van der Waals surface area contributed by atoms with Crippen LogP contribution < -0.4 is 10.1 Å². The largest absolute Gasteiger partial charge is 0.493 e. The first-order chi connectivity index (χ1) is 14.2. The maximum absolute atomic E-state index is 12.3. The van der Waals surface area contributed by atoms with E-state index in [0.29, 0.717) is 12.1 Å². The molecule has 2 aliphatic heterocycles. The lowest BCUT2D eigenvalue weighted by molar-refractivity contribution is 0.102. The maximum Gasteiger partial charge on any atom is 0.302 e. The molecule has 0 saturated heterocycles. The van der Waals surface area contributed by atoms with Gasteiger partial charge in [-0.15, -0.1) is 0 Å². The normalized spacial score (nSPS) is 16.6. The molecule has 1 atom stereocenters. The molecule has 0 spiro atoms.